The van der Waals surface area contributed by atoms with Gasteiger partial charge in [0.25, 0.3) is 0 Å². The zero-order valence-electron chi connectivity index (χ0n) is 29.4. The molecule has 1 aliphatic carbocycles. The minimum Gasteiger partial charge on any atom is -0.359 e. The maximum Gasteiger partial charge on any atom is 0.161 e. The molecule has 5 atom stereocenters. The molecule has 9 rings (SSSR count). The van der Waals surface area contributed by atoms with E-state index in [2.05, 4.69) is 147 Å². The summed E-state index contributed by atoms with van der Waals surface area (Å²) in [7, 11) is 4.54. The number of para-hydroxylation sites is 2. The Kier molecular flexibility index (Phi) is 6.42. The summed E-state index contributed by atoms with van der Waals surface area (Å²) in [5.41, 5.74) is 10.6. The lowest BCUT2D eigenvalue weighted by molar-refractivity contribution is 0.275. The molecule has 0 N–H and O–H groups in total. The van der Waals surface area contributed by atoms with E-state index in [-0.39, 0.29) is 22.4 Å². The van der Waals surface area contributed by atoms with Crippen LogP contribution in [0.5, 0.6) is 0 Å². The van der Waals surface area contributed by atoms with Crippen molar-refractivity contribution in [2.75, 3.05) is 28.8 Å². The zero-order chi connectivity index (χ0) is 33.0. The summed E-state index contributed by atoms with van der Waals surface area (Å²) in [4.78, 5) is 20.7. The van der Waals surface area contributed by atoms with Gasteiger partial charge in [-0.15, -0.1) is 0 Å². The van der Waals surface area contributed by atoms with Crippen molar-refractivity contribution in [1.29, 1.82) is 0 Å². The van der Waals surface area contributed by atoms with Gasteiger partial charge in [-0.2, -0.15) is 0 Å². The smallest absolute Gasteiger partial charge is 0.161 e. The summed E-state index contributed by atoms with van der Waals surface area (Å²) in [6, 6.07) is 25.3. The second-order valence-corrected chi connectivity index (χ2v) is 14.9. The number of aryl methyl sites for hydroxylation is 1. The van der Waals surface area contributed by atoms with Gasteiger partial charge in [0.1, 0.15) is 18.0 Å². The first-order valence-electron chi connectivity index (χ1n) is 18.3. The molecule has 6 nitrogen and oxygen atoms in total. The Labute approximate surface area is 286 Å². The number of benzene rings is 3. The SMILES string of the molecule is CCCCc1cccc(-c2ncc3c(n2)N(C)C2N3c3ccccc3C3(CC)C4(CCC5N(C)C=CN5c5ccccc54)C23CC)c1C. The normalized spacial score (nSPS) is 28.9. The van der Waals surface area contributed by atoms with Gasteiger partial charge in [0.15, 0.2) is 11.6 Å². The Morgan fingerprint density at radius 3 is 2.38 bits per heavy atom. The summed E-state index contributed by atoms with van der Waals surface area (Å²) in [6.45, 7) is 9.43. The molecule has 5 heterocycles. The predicted molar refractivity (Wildman–Crippen MR) is 197 cm³/mol. The number of fused-ring (bicyclic) bond motifs is 14. The first-order valence-corrected chi connectivity index (χ1v) is 18.3. The Hall–Kier alpha value is -4.32. The van der Waals surface area contributed by atoms with Gasteiger partial charge in [-0.1, -0.05) is 81.8 Å². The second kappa shape index (κ2) is 10.3. The van der Waals surface area contributed by atoms with Gasteiger partial charge in [0.05, 0.1) is 6.20 Å². The molecule has 1 spiro atoms. The summed E-state index contributed by atoms with van der Waals surface area (Å²) in [5.74, 6) is 1.88. The van der Waals surface area contributed by atoms with Crippen LogP contribution in [0, 0.1) is 12.3 Å². The van der Waals surface area contributed by atoms with E-state index in [1.807, 2.05) is 0 Å². The molecule has 1 fully saturated rings. The third kappa shape index (κ3) is 3.30. The topological polar surface area (TPSA) is 38.7 Å². The molecule has 3 aromatic carbocycles. The van der Waals surface area contributed by atoms with Crippen LogP contribution in [0.25, 0.3) is 11.4 Å². The molecule has 6 heteroatoms. The van der Waals surface area contributed by atoms with E-state index < -0.39 is 0 Å². The van der Waals surface area contributed by atoms with Gasteiger partial charge in [-0.25, -0.2) is 9.97 Å². The lowest BCUT2D eigenvalue weighted by Crippen LogP contribution is -2.52. The minimum atomic E-state index is -0.0363. The van der Waals surface area contributed by atoms with E-state index in [9.17, 15) is 0 Å². The first kappa shape index (κ1) is 29.8. The number of anilines is 4. The molecule has 0 radical (unpaired) electrons. The average Bonchev–Trinajstić information content (AvgIpc) is 3.34. The van der Waals surface area contributed by atoms with Crippen LogP contribution in [-0.4, -0.2) is 41.3 Å². The van der Waals surface area contributed by atoms with Crippen LogP contribution in [-0.2, 0) is 17.3 Å². The molecule has 0 bridgehead atoms. The molecule has 4 aromatic rings. The van der Waals surface area contributed by atoms with Crippen molar-refractivity contribution in [1.82, 2.24) is 14.9 Å². The Balaban J connectivity index is 1.26. The number of hydrogen-bond donors (Lipinski definition) is 0. The van der Waals surface area contributed by atoms with Crippen LogP contribution in [0.15, 0.2) is 85.3 Å². The van der Waals surface area contributed by atoms with E-state index in [0.29, 0.717) is 6.17 Å². The van der Waals surface area contributed by atoms with Gasteiger partial charge in [0, 0.05) is 59.7 Å². The van der Waals surface area contributed by atoms with Crippen molar-refractivity contribution in [3.8, 4) is 11.4 Å². The van der Waals surface area contributed by atoms with E-state index in [1.54, 1.807) is 0 Å². The lowest BCUT2D eigenvalue weighted by Gasteiger charge is -2.45. The highest BCUT2D eigenvalue weighted by Gasteiger charge is 2.91. The summed E-state index contributed by atoms with van der Waals surface area (Å²) >= 11 is 0. The van der Waals surface area contributed by atoms with E-state index in [4.69, 9.17) is 9.97 Å². The Morgan fingerprint density at radius 1 is 0.833 bits per heavy atom. The number of aromatic nitrogens is 2. The molecule has 48 heavy (non-hydrogen) atoms. The first-order chi connectivity index (χ1) is 23.4. The Bertz CT molecular complexity index is 1970. The number of unbranched alkanes of at least 4 members (excludes halogenated alkanes) is 1. The van der Waals surface area contributed by atoms with Crippen molar-refractivity contribution < 1.29 is 0 Å². The van der Waals surface area contributed by atoms with Crippen LogP contribution < -0.4 is 14.7 Å². The average molecular weight is 637 g/mol. The van der Waals surface area contributed by atoms with Gasteiger partial charge < -0.3 is 19.6 Å². The van der Waals surface area contributed by atoms with Gasteiger partial charge in [-0.05, 0) is 79.8 Å². The van der Waals surface area contributed by atoms with Gasteiger partial charge in [-0.3, -0.25) is 0 Å². The molecule has 0 amide bonds. The van der Waals surface area contributed by atoms with Crippen LogP contribution in [0.2, 0.25) is 0 Å². The van der Waals surface area contributed by atoms with E-state index in [0.717, 1.165) is 55.0 Å². The third-order valence-corrected chi connectivity index (χ3v) is 13.5. The maximum atomic E-state index is 5.45. The fourth-order valence-corrected chi connectivity index (χ4v) is 11.7. The number of nitrogens with zero attached hydrogens (tertiary/aromatic N) is 6. The van der Waals surface area contributed by atoms with Crippen molar-refractivity contribution >= 4 is 22.9 Å². The van der Waals surface area contributed by atoms with Gasteiger partial charge >= 0.3 is 0 Å². The van der Waals surface area contributed by atoms with Crippen LogP contribution in [0.1, 0.15) is 81.5 Å². The van der Waals surface area contributed by atoms with Crippen molar-refractivity contribution in [2.24, 2.45) is 5.41 Å². The molecular weight excluding hydrogens is 589 g/mol. The van der Waals surface area contributed by atoms with Crippen LogP contribution >= 0.6 is 0 Å². The second-order valence-electron chi connectivity index (χ2n) is 14.9. The maximum absolute atomic E-state index is 5.45. The molecule has 4 aliphatic heterocycles. The van der Waals surface area contributed by atoms with Crippen molar-refractivity contribution in [3.05, 3.63) is 108 Å². The standard InChI is InChI=1S/C42H48N6/c1-7-10-16-29-17-15-18-30(28(29)4)37-43-27-35-38(44-37)46(6)39-41(9-3)40(8-2,32-20-12-14-22-34(32)48(35)39)42(41)24-23-36-45(5)25-26-47(36)33-21-13-11-19-31(33)42/h11-15,17-22,25-27,36,39H,7-10,16,23-24H2,1-6H3. The number of hydrogen-bond acceptors (Lipinski definition) is 6. The monoisotopic (exact) mass is 636 g/mol. The van der Waals surface area contributed by atoms with Crippen LogP contribution in [0.3, 0.4) is 0 Å². The lowest BCUT2D eigenvalue weighted by atomic mass is 9.75. The molecule has 5 aliphatic rings. The third-order valence-electron chi connectivity index (χ3n) is 13.5. The highest BCUT2D eigenvalue weighted by Crippen LogP contribution is 2.89. The summed E-state index contributed by atoms with van der Waals surface area (Å²) in [5, 5.41) is 0. The zero-order valence-corrected chi connectivity index (χ0v) is 29.4. The highest BCUT2D eigenvalue weighted by molar-refractivity contribution is 5.89. The highest BCUT2D eigenvalue weighted by atomic mass is 15.5. The molecule has 1 saturated carbocycles. The molecule has 246 valence electrons. The van der Waals surface area contributed by atoms with Crippen molar-refractivity contribution in [3.63, 3.8) is 0 Å². The number of rotatable bonds is 6. The van der Waals surface area contributed by atoms with Gasteiger partial charge in [0.2, 0.25) is 0 Å². The molecular formula is C42H48N6. The summed E-state index contributed by atoms with van der Waals surface area (Å²) < 4.78 is 0. The minimum absolute atomic E-state index is 0.0125. The van der Waals surface area contributed by atoms with E-state index >= 15 is 0 Å². The van der Waals surface area contributed by atoms with E-state index in [1.165, 1.54) is 46.5 Å². The molecule has 5 unspecified atom stereocenters. The van der Waals surface area contributed by atoms with Crippen LogP contribution in [0.4, 0.5) is 22.9 Å². The van der Waals surface area contributed by atoms with Crippen molar-refractivity contribution in [2.45, 2.75) is 95.8 Å². The fraction of sp³-hybridized carbons (Fsp3) is 0.429. The predicted octanol–water partition coefficient (Wildman–Crippen LogP) is 9.06. The Morgan fingerprint density at radius 2 is 1.60 bits per heavy atom. The fourth-order valence-electron chi connectivity index (χ4n) is 11.7. The molecule has 0 saturated heterocycles. The largest absolute Gasteiger partial charge is 0.359 e. The summed E-state index contributed by atoms with van der Waals surface area (Å²) in [6.07, 6.45) is 15.1. The quantitative estimate of drug-likeness (QED) is 0.210. The molecule has 1 aromatic heterocycles.